The van der Waals surface area contributed by atoms with E-state index in [0.29, 0.717) is 10.8 Å². The number of benzene rings is 1. The van der Waals surface area contributed by atoms with Crippen LogP contribution >= 0.6 is 0 Å². The Morgan fingerprint density at radius 2 is 2.00 bits per heavy atom. The normalized spacial score (nSPS) is 15.3. The second-order valence-corrected chi connectivity index (χ2v) is 7.10. The van der Waals surface area contributed by atoms with Crippen LogP contribution in [0.2, 0.25) is 0 Å². The van der Waals surface area contributed by atoms with Crippen LogP contribution in [0.25, 0.3) is 0 Å². The molecule has 4 heteroatoms. The van der Waals surface area contributed by atoms with Crippen LogP contribution in [0, 0.1) is 5.92 Å². The molecule has 0 heterocycles. The minimum Gasteiger partial charge on any atom is -0.324 e. The van der Waals surface area contributed by atoms with Crippen molar-refractivity contribution in [3.63, 3.8) is 0 Å². The highest BCUT2D eigenvalue weighted by atomic mass is 32.2. The average molecular weight is 269 g/mol. The third kappa shape index (κ3) is 4.42. The zero-order valence-corrected chi connectivity index (χ0v) is 12.2. The van der Waals surface area contributed by atoms with Gasteiger partial charge in [0.15, 0.2) is 9.84 Å². The predicted octanol–water partition coefficient (Wildman–Crippen LogP) is 2.92. The van der Waals surface area contributed by atoms with Crippen LogP contribution in [0.1, 0.15) is 44.7 Å². The van der Waals surface area contributed by atoms with Gasteiger partial charge in [0.2, 0.25) is 0 Å². The maximum absolute atomic E-state index is 11.5. The van der Waals surface area contributed by atoms with Gasteiger partial charge < -0.3 is 5.73 Å². The van der Waals surface area contributed by atoms with Crippen LogP contribution in [0.15, 0.2) is 29.2 Å². The molecule has 1 aromatic rings. The molecular formula is C14H23NO2S. The summed E-state index contributed by atoms with van der Waals surface area (Å²) in [6, 6.07) is 6.88. The molecule has 0 aliphatic heterocycles. The molecule has 3 nitrogen and oxygen atoms in total. The van der Waals surface area contributed by atoms with Crippen molar-refractivity contribution >= 4 is 9.84 Å². The van der Waals surface area contributed by atoms with E-state index in [4.69, 9.17) is 5.73 Å². The third-order valence-corrected chi connectivity index (χ3v) is 4.26. The summed E-state index contributed by atoms with van der Waals surface area (Å²) in [6.45, 7) is 4.34. The van der Waals surface area contributed by atoms with Gasteiger partial charge in [0.05, 0.1) is 4.90 Å². The van der Waals surface area contributed by atoms with Gasteiger partial charge in [-0.25, -0.2) is 8.42 Å². The lowest BCUT2D eigenvalue weighted by atomic mass is 9.94. The van der Waals surface area contributed by atoms with Crippen molar-refractivity contribution in [1.82, 2.24) is 0 Å². The minimum absolute atomic E-state index is 0.0896. The Bertz CT molecular complexity index is 482. The molecule has 0 aliphatic carbocycles. The standard InChI is InChI=1S/C14H23NO2S/c1-4-6-11(2)9-14(15)12-7-5-8-13(10-12)18(3,16)17/h5,7-8,10-11,14H,4,6,9,15H2,1-3H3. The van der Waals surface area contributed by atoms with Crippen molar-refractivity contribution in [1.29, 1.82) is 0 Å². The SMILES string of the molecule is CCCC(C)CC(N)c1cccc(S(C)(=O)=O)c1. The van der Waals surface area contributed by atoms with Crippen LogP contribution < -0.4 is 5.73 Å². The smallest absolute Gasteiger partial charge is 0.175 e. The summed E-state index contributed by atoms with van der Waals surface area (Å²) < 4.78 is 23.0. The molecule has 0 fully saturated rings. The quantitative estimate of drug-likeness (QED) is 0.863. The molecule has 2 unspecified atom stereocenters. The molecule has 2 atom stereocenters. The molecule has 1 rings (SSSR count). The summed E-state index contributed by atoms with van der Waals surface area (Å²) in [5, 5.41) is 0. The van der Waals surface area contributed by atoms with Gasteiger partial charge in [0.25, 0.3) is 0 Å². The van der Waals surface area contributed by atoms with Gasteiger partial charge in [-0.2, -0.15) is 0 Å². The summed E-state index contributed by atoms with van der Waals surface area (Å²) in [5.41, 5.74) is 7.05. The van der Waals surface area contributed by atoms with Gasteiger partial charge in [0.1, 0.15) is 0 Å². The summed E-state index contributed by atoms with van der Waals surface area (Å²) >= 11 is 0. The van der Waals surface area contributed by atoms with Gasteiger partial charge in [0, 0.05) is 12.3 Å². The monoisotopic (exact) mass is 269 g/mol. The maximum Gasteiger partial charge on any atom is 0.175 e. The highest BCUT2D eigenvalue weighted by Crippen LogP contribution is 2.23. The largest absolute Gasteiger partial charge is 0.324 e. The Balaban J connectivity index is 2.84. The number of rotatable bonds is 6. The summed E-state index contributed by atoms with van der Waals surface area (Å²) in [5.74, 6) is 0.562. The lowest BCUT2D eigenvalue weighted by Gasteiger charge is -2.17. The topological polar surface area (TPSA) is 60.2 Å². The molecule has 0 amide bonds. The molecular weight excluding hydrogens is 246 g/mol. The second-order valence-electron chi connectivity index (χ2n) is 5.08. The van der Waals surface area contributed by atoms with Crippen molar-refractivity contribution in [3.8, 4) is 0 Å². The highest BCUT2D eigenvalue weighted by Gasteiger charge is 2.13. The average Bonchev–Trinajstić information content (AvgIpc) is 2.28. The molecule has 1 aromatic carbocycles. The predicted molar refractivity (Wildman–Crippen MR) is 75.2 cm³/mol. The van der Waals surface area contributed by atoms with Crippen LogP contribution in [-0.2, 0) is 9.84 Å². The Hall–Kier alpha value is -0.870. The van der Waals surface area contributed by atoms with Gasteiger partial charge in [-0.3, -0.25) is 0 Å². The summed E-state index contributed by atoms with van der Waals surface area (Å²) in [6.07, 6.45) is 4.41. The van der Waals surface area contributed by atoms with E-state index in [1.165, 1.54) is 6.26 Å². The molecule has 18 heavy (non-hydrogen) atoms. The van der Waals surface area contributed by atoms with Gasteiger partial charge in [-0.05, 0) is 30.0 Å². The number of nitrogens with two attached hydrogens (primary N) is 1. The van der Waals surface area contributed by atoms with Gasteiger partial charge in [-0.15, -0.1) is 0 Å². The van der Waals surface area contributed by atoms with Gasteiger partial charge in [-0.1, -0.05) is 38.8 Å². The molecule has 0 saturated carbocycles. The molecule has 0 aromatic heterocycles. The van der Waals surface area contributed by atoms with E-state index in [-0.39, 0.29) is 6.04 Å². The first-order chi connectivity index (χ1) is 8.34. The fourth-order valence-electron chi connectivity index (χ4n) is 2.16. The van der Waals surface area contributed by atoms with E-state index < -0.39 is 9.84 Å². The molecule has 0 spiro atoms. The Morgan fingerprint density at radius 1 is 1.33 bits per heavy atom. The third-order valence-electron chi connectivity index (χ3n) is 3.15. The zero-order valence-electron chi connectivity index (χ0n) is 11.4. The molecule has 0 bridgehead atoms. The summed E-state index contributed by atoms with van der Waals surface area (Å²) in [7, 11) is -3.15. The van der Waals surface area contributed by atoms with Crippen LogP contribution in [0.4, 0.5) is 0 Å². The van der Waals surface area contributed by atoms with Gasteiger partial charge >= 0.3 is 0 Å². The lowest BCUT2D eigenvalue weighted by molar-refractivity contribution is 0.440. The first-order valence-corrected chi connectivity index (χ1v) is 8.29. The second kappa shape index (κ2) is 6.34. The molecule has 2 N–H and O–H groups in total. The van der Waals surface area contributed by atoms with E-state index >= 15 is 0 Å². The number of hydrogen-bond acceptors (Lipinski definition) is 3. The van der Waals surface area contributed by atoms with Crippen molar-refractivity contribution in [2.45, 2.75) is 44.0 Å². The Kier molecular flexibility index (Phi) is 5.35. The first kappa shape index (κ1) is 15.2. The molecule has 0 aliphatic rings. The van der Waals surface area contributed by atoms with E-state index in [1.54, 1.807) is 18.2 Å². The van der Waals surface area contributed by atoms with E-state index in [9.17, 15) is 8.42 Å². The Labute approximate surface area is 110 Å². The minimum atomic E-state index is -3.15. The van der Waals surface area contributed by atoms with Crippen LogP contribution in [0.5, 0.6) is 0 Å². The molecule has 102 valence electrons. The van der Waals surface area contributed by atoms with Crippen molar-refractivity contribution < 1.29 is 8.42 Å². The fourth-order valence-corrected chi connectivity index (χ4v) is 2.83. The molecule has 0 radical (unpaired) electrons. The number of hydrogen-bond donors (Lipinski definition) is 1. The lowest BCUT2D eigenvalue weighted by Crippen LogP contribution is -2.14. The van der Waals surface area contributed by atoms with Crippen LogP contribution in [0.3, 0.4) is 0 Å². The Morgan fingerprint density at radius 3 is 2.56 bits per heavy atom. The van der Waals surface area contributed by atoms with Crippen molar-refractivity contribution in [2.24, 2.45) is 11.7 Å². The summed E-state index contributed by atoms with van der Waals surface area (Å²) in [4.78, 5) is 0.346. The highest BCUT2D eigenvalue weighted by molar-refractivity contribution is 7.90. The van der Waals surface area contributed by atoms with Crippen LogP contribution in [-0.4, -0.2) is 14.7 Å². The number of sulfone groups is 1. The maximum atomic E-state index is 11.5. The van der Waals surface area contributed by atoms with Crippen molar-refractivity contribution in [2.75, 3.05) is 6.26 Å². The van der Waals surface area contributed by atoms with E-state index in [0.717, 1.165) is 24.8 Å². The van der Waals surface area contributed by atoms with Crippen molar-refractivity contribution in [3.05, 3.63) is 29.8 Å². The molecule has 0 saturated heterocycles. The fraction of sp³-hybridized carbons (Fsp3) is 0.571. The van der Waals surface area contributed by atoms with E-state index in [2.05, 4.69) is 13.8 Å². The zero-order chi connectivity index (χ0) is 13.8. The first-order valence-electron chi connectivity index (χ1n) is 6.40. The van der Waals surface area contributed by atoms with E-state index in [1.807, 2.05) is 6.07 Å².